The molecule has 0 aliphatic heterocycles. The van der Waals surface area contributed by atoms with Crippen LogP contribution in [0.3, 0.4) is 0 Å². The number of thiophene rings is 1. The minimum Gasteiger partial charge on any atom is -0.497 e. The van der Waals surface area contributed by atoms with Gasteiger partial charge in [0.2, 0.25) is 5.91 Å². The normalized spacial score (nSPS) is 20.0. The lowest BCUT2D eigenvalue weighted by Crippen LogP contribution is -2.26. The summed E-state index contributed by atoms with van der Waals surface area (Å²) in [5, 5.41) is 5.04. The van der Waals surface area contributed by atoms with E-state index in [1.54, 1.807) is 33.1 Å². The Morgan fingerprint density at radius 2 is 1.89 bits per heavy atom. The summed E-state index contributed by atoms with van der Waals surface area (Å²) < 4.78 is 9.28. The number of carbonyl (C=O) groups is 2. The standard InChI is InChI=1S/C19H19Cl2NO4S/c1-4-26-16(23)14-13(11-5-7-12(25-3)8-6-11)9-27-15(14)22-17(24)18(2)10-19(18,20)21/h5-9H,4,10H2,1-3H3,(H,22,24)/t18-/m1/s1. The topological polar surface area (TPSA) is 64.6 Å². The fourth-order valence-electron chi connectivity index (χ4n) is 2.73. The number of methoxy groups -OCH3 is 1. The predicted octanol–water partition coefficient (Wildman–Crippen LogP) is 5.12. The maximum Gasteiger partial charge on any atom is 0.341 e. The van der Waals surface area contributed by atoms with Gasteiger partial charge >= 0.3 is 5.97 Å². The molecule has 0 saturated heterocycles. The molecule has 144 valence electrons. The minimum atomic E-state index is -1.09. The smallest absolute Gasteiger partial charge is 0.341 e. The van der Waals surface area contributed by atoms with E-state index in [0.29, 0.717) is 28.3 Å². The molecule has 1 atom stereocenters. The van der Waals surface area contributed by atoms with Gasteiger partial charge < -0.3 is 14.8 Å². The van der Waals surface area contributed by atoms with Crippen LogP contribution in [0.5, 0.6) is 5.75 Å². The second-order valence-corrected chi connectivity index (χ2v) is 8.83. The van der Waals surface area contributed by atoms with Crippen molar-refractivity contribution in [2.45, 2.75) is 24.6 Å². The van der Waals surface area contributed by atoms with E-state index >= 15 is 0 Å². The first-order chi connectivity index (χ1) is 12.7. The Morgan fingerprint density at radius 1 is 1.26 bits per heavy atom. The van der Waals surface area contributed by atoms with Crippen LogP contribution in [-0.2, 0) is 9.53 Å². The predicted molar refractivity (Wildman–Crippen MR) is 108 cm³/mol. The molecule has 8 heteroatoms. The van der Waals surface area contributed by atoms with Gasteiger partial charge in [-0.1, -0.05) is 12.1 Å². The van der Waals surface area contributed by atoms with Crippen molar-refractivity contribution in [3.8, 4) is 16.9 Å². The summed E-state index contributed by atoms with van der Waals surface area (Å²) in [7, 11) is 1.59. The van der Waals surface area contributed by atoms with Gasteiger partial charge in [0.15, 0.2) is 0 Å². The van der Waals surface area contributed by atoms with E-state index in [9.17, 15) is 9.59 Å². The average Bonchev–Trinajstić information content (AvgIpc) is 2.97. The highest BCUT2D eigenvalue weighted by Gasteiger charge is 2.68. The number of benzene rings is 1. The number of amides is 1. The zero-order valence-electron chi connectivity index (χ0n) is 15.1. The Bertz CT molecular complexity index is 878. The van der Waals surface area contributed by atoms with Crippen molar-refractivity contribution in [3.63, 3.8) is 0 Å². The molecule has 1 N–H and O–H groups in total. The number of halogens is 2. The molecule has 1 aliphatic rings. The number of alkyl halides is 2. The SMILES string of the molecule is CCOC(=O)c1c(-c2ccc(OC)cc2)csc1NC(=O)[C@@]1(C)CC1(Cl)Cl. The molecule has 1 aromatic heterocycles. The van der Waals surface area contributed by atoms with Crippen molar-refractivity contribution in [2.24, 2.45) is 5.41 Å². The molecule has 0 radical (unpaired) electrons. The van der Waals surface area contributed by atoms with Crippen LogP contribution < -0.4 is 10.1 Å². The highest BCUT2D eigenvalue weighted by molar-refractivity contribution is 7.15. The maximum absolute atomic E-state index is 12.6. The van der Waals surface area contributed by atoms with Gasteiger partial charge in [0.1, 0.15) is 20.6 Å². The van der Waals surface area contributed by atoms with E-state index in [-0.39, 0.29) is 12.5 Å². The van der Waals surface area contributed by atoms with Gasteiger partial charge in [0.05, 0.1) is 19.1 Å². The molecule has 27 heavy (non-hydrogen) atoms. The maximum atomic E-state index is 12.6. The minimum absolute atomic E-state index is 0.230. The molecule has 1 amide bonds. The van der Waals surface area contributed by atoms with Crippen LogP contribution in [0.4, 0.5) is 5.00 Å². The van der Waals surface area contributed by atoms with Crippen molar-refractivity contribution < 1.29 is 19.1 Å². The first-order valence-corrected chi connectivity index (χ1v) is 9.99. The van der Waals surface area contributed by atoms with Crippen LogP contribution in [0.25, 0.3) is 11.1 Å². The number of hydrogen-bond donors (Lipinski definition) is 1. The summed E-state index contributed by atoms with van der Waals surface area (Å²) in [5.41, 5.74) is 0.934. The fourth-order valence-corrected chi connectivity index (χ4v) is 4.38. The molecule has 3 rings (SSSR count). The first kappa shape index (κ1) is 20.0. The summed E-state index contributed by atoms with van der Waals surface area (Å²) in [6.07, 6.45) is 0.362. The Labute approximate surface area is 171 Å². The highest BCUT2D eigenvalue weighted by atomic mass is 35.5. The summed E-state index contributed by atoms with van der Waals surface area (Å²) >= 11 is 13.4. The zero-order valence-corrected chi connectivity index (χ0v) is 17.4. The quantitative estimate of drug-likeness (QED) is 0.512. The van der Waals surface area contributed by atoms with Gasteiger partial charge in [-0.2, -0.15) is 0 Å². The third-order valence-electron chi connectivity index (χ3n) is 4.66. The molecular formula is C19H19Cl2NO4S. The summed E-state index contributed by atoms with van der Waals surface area (Å²) in [6.45, 7) is 3.66. The third kappa shape index (κ3) is 3.66. The van der Waals surface area contributed by atoms with E-state index in [1.807, 2.05) is 17.5 Å². The molecule has 1 fully saturated rings. The number of hydrogen-bond acceptors (Lipinski definition) is 5. The van der Waals surface area contributed by atoms with Gasteiger partial charge in [-0.25, -0.2) is 4.79 Å². The largest absolute Gasteiger partial charge is 0.497 e. The molecule has 1 aromatic carbocycles. The van der Waals surface area contributed by atoms with E-state index in [4.69, 9.17) is 32.7 Å². The number of anilines is 1. The Hall–Kier alpha value is -1.76. The Kier molecular flexibility index (Phi) is 5.43. The molecule has 1 heterocycles. The van der Waals surface area contributed by atoms with Crippen molar-refractivity contribution in [1.29, 1.82) is 0 Å². The molecule has 1 aliphatic carbocycles. The van der Waals surface area contributed by atoms with Crippen LogP contribution in [0.1, 0.15) is 30.6 Å². The number of nitrogens with one attached hydrogen (secondary N) is 1. The second kappa shape index (κ2) is 7.34. The summed E-state index contributed by atoms with van der Waals surface area (Å²) in [4.78, 5) is 25.2. The van der Waals surface area contributed by atoms with E-state index < -0.39 is 15.7 Å². The van der Waals surface area contributed by atoms with Gasteiger partial charge in [-0.3, -0.25) is 4.79 Å². The molecule has 0 spiro atoms. The molecular weight excluding hydrogens is 409 g/mol. The van der Waals surface area contributed by atoms with Crippen molar-refractivity contribution in [2.75, 3.05) is 19.0 Å². The molecule has 0 bridgehead atoms. The van der Waals surface area contributed by atoms with E-state index in [1.165, 1.54) is 11.3 Å². The Balaban J connectivity index is 1.95. The van der Waals surface area contributed by atoms with Crippen LogP contribution in [-0.4, -0.2) is 29.9 Å². The van der Waals surface area contributed by atoms with E-state index in [2.05, 4.69) is 5.32 Å². The monoisotopic (exact) mass is 427 g/mol. The second-order valence-electron chi connectivity index (χ2n) is 6.47. The third-order valence-corrected chi connectivity index (χ3v) is 6.65. The molecule has 0 unspecified atom stereocenters. The fraction of sp³-hybridized carbons (Fsp3) is 0.368. The van der Waals surface area contributed by atoms with Crippen LogP contribution in [0.2, 0.25) is 0 Å². The van der Waals surface area contributed by atoms with Gasteiger partial charge in [-0.15, -0.1) is 34.5 Å². The average molecular weight is 428 g/mol. The number of esters is 1. The van der Waals surface area contributed by atoms with E-state index in [0.717, 1.165) is 5.56 Å². The number of rotatable bonds is 6. The lowest BCUT2D eigenvalue weighted by molar-refractivity contribution is -0.120. The van der Waals surface area contributed by atoms with Gasteiger partial charge in [0, 0.05) is 10.9 Å². The van der Waals surface area contributed by atoms with Gasteiger partial charge in [-0.05, 0) is 38.0 Å². The van der Waals surface area contributed by atoms with Crippen LogP contribution in [0.15, 0.2) is 29.6 Å². The molecule has 2 aromatic rings. The molecule has 5 nitrogen and oxygen atoms in total. The van der Waals surface area contributed by atoms with Crippen LogP contribution >= 0.6 is 34.5 Å². The van der Waals surface area contributed by atoms with Gasteiger partial charge in [0.25, 0.3) is 0 Å². The number of carbonyl (C=O) groups excluding carboxylic acids is 2. The van der Waals surface area contributed by atoms with Crippen LogP contribution in [0, 0.1) is 5.41 Å². The first-order valence-electron chi connectivity index (χ1n) is 8.36. The lowest BCUT2D eigenvalue weighted by Gasteiger charge is -2.13. The summed E-state index contributed by atoms with van der Waals surface area (Å²) in [5.74, 6) is -0.104. The zero-order chi connectivity index (χ0) is 19.8. The molecule has 1 saturated carbocycles. The van der Waals surface area contributed by atoms with Crippen molar-refractivity contribution in [1.82, 2.24) is 0 Å². The van der Waals surface area contributed by atoms with Crippen molar-refractivity contribution in [3.05, 3.63) is 35.2 Å². The Morgan fingerprint density at radius 3 is 2.41 bits per heavy atom. The van der Waals surface area contributed by atoms with Crippen molar-refractivity contribution >= 4 is 51.4 Å². The lowest BCUT2D eigenvalue weighted by atomic mass is 10.0. The highest BCUT2D eigenvalue weighted by Crippen LogP contribution is 2.64. The summed E-state index contributed by atoms with van der Waals surface area (Å²) in [6, 6.07) is 7.31. The number of ether oxygens (including phenoxy) is 2.